The fourth-order valence-corrected chi connectivity index (χ4v) is 2.43. The maximum atomic E-state index is 6.30. The van der Waals surface area contributed by atoms with Gasteiger partial charge in [-0.25, -0.2) is 4.98 Å². The number of rotatable bonds is 1. The molecule has 1 aromatic rings. The molecule has 2 rings (SSSR count). The second kappa shape index (κ2) is 3.39. The van der Waals surface area contributed by atoms with Gasteiger partial charge >= 0.3 is 0 Å². The molecule has 2 atom stereocenters. The largest absolute Gasteiger partial charge is 0.333 e. The van der Waals surface area contributed by atoms with E-state index in [1.807, 2.05) is 18.7 Å². The highest BCUT2D eigenvalue weighted by molar-refractivity contribution is 4.96. The topological polar surface area (TPSA) is 43.8 Å². The smallest absolute Gasteiger partial charge is 0.0949 e. The van der Waals surface area contributed by atoms with E-state index in [9.17, 15) is 0 Å². The van der Waals surface area contributed by atoms with Crippen molar-refractivity contribution in [3.8, 4) is 0 Å². The first-order chi connectivity index (χ1) is 6.61. The molecule has 1 aliphatic rings. The Labute approximate surface area is 85.3 Å². The van der Waals surface area contributed by atoms with Crippen LogP contribution in [0, 0.1) is 5.41 Å². The third-order valence-electron chi connectivity index (χ3n) is 3.55. The van der Waals surface area contributed by atoms with Crippen LogP contribution in [0.2, 0.25) is 0 Å². The third kappa shape index (κ3) is 1.57. The maximum absolute atomic E-state index is 6.30. The van der Waals surface area contributed by atoms with E-state index in [2.05, 4.69) is 23.4 Å². The number of nitrogens with two attached hydrogens (primary N) is 1. The van der Waals surface area contributed by atoms with Crippen LogP contribution in [0.1, 0.15) is 39.2 Å². The Morgan fingerprint density at radius 3 is 2.93 bits per heavy atom. The normalized spacial score (nSPS) is 31.6. The summed E-state index contributed by atoms with van der Waals surface area (Å²) in [7, 11) is 0. The molecule has 0 aromatic carbocycles. The molecule has 3 nitrogen and oxygen atoms in total. The Morgan fingerprint density at radius 2 is 2.29 bits per heavy atom. The SMILES string of the molecule is CC1(C)CCCC(n2ccnc2)C1N. The zero-order chi connectivity index (χ0) is 10.2. The van der Waals surface area contributed by atoms with E-state index in [4.69, 9.17) is 5.73 Å². The Kier molecular flexibility index (Phi) is 2.35. The van der Waals surface area contributed by atoms with Crippen LogP contribution < -0.4 is 5.73 Å². The van der Waals surface area contributed by atoms with Gasteiger partial charge in [0.1, 0.15) is 0 Å². The highest BCUT2D eigenvalue weighted by Gasteiger charge is 2.36. The minimum atomic E-state index is 0.241. The van der Waals surface area contributed by atoms with Crippen LogP contribution in [-0.4, -0.2) is 15.6 Å². The summed E-state index contributed by atoms with van der Waals surface area (Å²) in [6, 6.07) is 0.673. The average Bonchev–Trinajstić information content (AvgIpc) is 2.62. The van der Waals surface area contributed by atoms with Gasteiger partial charge in [-0.15, -0.1) is 0 Å². The molecule has 1 aliphatic carbocycles. The van der Waals surface area contributed by atoms with E-state index in [1.54, 1.807) is 0 Å². The number of hydrogen-bond donors (Lipinski definition) is 1. The molecule has 0 radical (unpaired) electrons. The van der Waals surface area contributed by atoms with Crippen LogP contribution in [0.5, 0.6) is 0 Å². The fraction of sp³-hybridized carbons (Fsp3) is 0.727. The Morgan fingerprint density at radius 1 is 1.50 bits per heavy atom. The predicted molar refractivity (Wildman–Crippen MR) is 56.9 cm³/mol. The van der Waals surface area contributed by atoms with E-state index in [0.717, 1.165) is 0 Å². The molecule has 0 amide bonds. The lowest BCUT2D eigenvalue weighted by molar-refractivity contribution is 0.143. The van der Waals surface area contributed by atoms with Crippen molar-refractivity contribution in [2.45, 2.75) is 45.2 Å². The second-order valence-electron chi connectivity index (χ2n) is 4.98. The van der Waals surface area contributed by atoms with Gasteiger partial charge in [-0.05, 0) is 18.3 Å². The summed E-state index contributed by atoms with van der Waals surface area (Å²) >= 11 is 0. The zero-order valence-electron chi connectivity index (χ0n) is 8.98. The van der Waals surface area contributed by atoms with E-state index in [-0.39, 0.29) is 11.5 Å². The number of nitrogens with zero attached hydrogens (tertiary/aromatic N) is 2. The monoisotopic (exact) mass is 193 g/mol. The highest BCUT2D eigenvalue weighted by Crippen LogP contribution is 2.39. The van der Waals surface area contributed by atoms with E-state index in [0.29, 0.717) is 6.04 Å². The molecule has 78 valence electrons. The van der Waals surface area contributed by atoms with Gasteiger partial charge in [-0.2, -0.15) is 0 Å². The molecule has 0 bridgehead atoms. The van der Waals surface area contributed by atoms with Crippen molar-refractivity contribution >= 4 is 0 Å². The minimum Gasteiger partial charge on any atom is -0.333 e. The van der Waals surface area contributed by atoms with Crippen LogP contribution in [-0.2, 0) is 0 Å². The van der Waals surface area contributed by atoms with Crippen LogP contribution in [0.4, 0.5) is 0 Å². The quantitative estimate of drug-likeness (QED) is 0.741. The standard InChI is InChI=1S/C11H19N3/c1-11(2)5-3-4-9(10(11)12)14-7-6-13-8-14/h6-10H,3-5,12H2,1-2H3. The lowest BCUT2D eigenvalue weighted by Gasteiger charge is -2.42. The summed E-state index contributed by atoms with van der Waals surface area (Å²) < 4.78 is 2.16. The molecule has 0 saturated heterocycles. The van der Waals surface area contributed by atoms with Crippen molar-refractivity contribution in [1.82, 2.24) is 9.55 Å². The summed E-state index contributed by atoms with van der Waals surface area (Å²) in [5, 5.41) is 0. The lowest BCUT2D eigenvalue weighted by atomic mass is 9.71. The Bertz CT molecular complexity index is 289. The molecule has 14 heavy (non-hydrogen) atoms. The fourth-order valence-electron chi connectivity index (χ4n) is 2.43. The Hall–Kier alpha value is -0.830. The first-order valence-electron chi connectivity index (χ1n) is 5.34. The third-order valence-corrected chi connectivity index (χ3v) is 3.55. The van der Waals surface area contributed by atoms with Gasteiger partial charge in [0.15, 0.2) is 0 Å². The summed E-state index contributed by atoms with van der Waals surface area (Å²) in [4.78, 5) is 4.09. The second-order valence-corrected chi connectivity index (χ2v) is 4.98. The molecule has 3 heteroatoms. The molecular formula is C11H19N3. The van der Waals surface area contributed by atoms with Crippen molar-refractivity contribution in [2.75, 3.05) is 0 Å². The van der Waals surface area contributed by atoms with Crippen LogP contribution in [0.25, 0.3) is 0 Å². The molecule has 0 spiro atoms. The van der Waals surface area contributed by atoms with Gasteiger partial charge in [-0.3, -0.25) is 0 Å². The first kappa shape index (κ1) is 9.71. The van der Waals surface area contributed by atoms with E-state index < -0.39 is 0 Å². The minimum absolute atomic E-state index is 0.241. The number of hydrogen-bond acceptors (Lipinski definition) is 2. The van der Waals surface area contributed by atoms with Crippen molar-refractivity contribution in [1.29, 1.82) is 0 Å². The van der Waals surface area contributed by atoms with Crippen molar-refractivity contribution in [3.05, 3.63) is 18.7 Å². The average molecular weight is 193 g/mol. The first-order valence-corrected chi connectivity index (χ1v) is 5.34. The number of aromatic nitrogens is 2. The van der Waals surface area contributed by atoms with Crippen LogP contribution >= 0.6 is 0 Å². The molecule has 1 fully saturated rings. The Balaban J connectivity index is 2.20. The van der Waals surface area contributed by atoms with Gasteiger partial charge in [0.2, 0.25) is 0 Å². The molecule has 1 saturated carbocycles. The summed E-state index contributed by atoms with van der Waals surface area (Å²) in [5.74, 6) is 0. The maximum Gasteiger partial charge on any atom is 0.0949 e. The predicted octanol–water partition coefficient (Wildman–Crippen LogP) is 1.96. The van der Waals surface area contributed by atoms with Crippen LogP contribution in [0.15, 0.2) is 18.7 Å². The molecule has 1 heterocycles. The van der Waals surface area contributed by atoms with Gasteiger partial charge in [0, 0.05) is 18.4 Å². The van der Waals surface area contributed by atoms with Gasteiger partial charge < -0.3 is 10.3 Å². The van der Waals surface area contributed by atoms with Crippen LogP contribution in [0.3, 0.4) is 0 Å². The highest BCUT2D eigenvalue weighted by atomic mass is 15.1. The van der Waals surface area contributed by atoms with E-state index in [1.165, 1.54) is 19.3 Å². The molecule has 2 unspecified atom stereocenters. The van der Waals surface area contributed by atoms with Crippen molar-refractivity contribution in [2.24, 2.45) is 11.1 Å². The molecule has 1 aromatic heterocycles. The summed E-state index contributed by atoms with van der Waals surface area (Å²) in [5.41, 5.74) is 6.56. The number of imidazole rings is 1. The van der Waals surface area contributed by atoms with Gasteiger partial charge in [0.25, 0.3) is 0 Å². The molecular weight excluding hydrogens is 174 g/mol. The van der Waals surface area contributed by atoms with Gasteiger partial charge in [0.05, 0.1) is 12.4 Å². The zero-order valence-corrected chi connectivity index (χ0v) is 8.98. The van der Waals surface area contributed by atoms with E-state index >= 15 is 0 Å². The van der Waals surface area contributed by atoms with Crippen molar-refractivity contribution in [3.63, 3.8) is 0 Å². The molecule has 2 N–H and O–H groups in total. The van der Waals surface area contributed by atoms with Gasteiger partial charge in [-0.1, -0.05) is 20.3 Å². The summed E-state index contributed by atoms with van der Waals surface area (Å²) in [6.07, 6.45) is 9.41. The molecule has 0 aliphatic heterocycles. The van der Waals surface area contributed by atoms with Crippen molar-refractivity contribution < 1.29 is 0 Å². The summed E-state index contributed by atoms with van der Waals surface area (Å²) in [6.45, 7) is 4.53. The lowest BCUT2D eigenvalue weighted by Crippen LogP contribution is -2.46.